The molecule has 0 unspecified atom stereocenters. The van der Waals surface area contributed by atoms with Gasteiger partial charge in [-0.25, -0.2) is 0 Å². The normalized spacial score (nSPS) is 10.0. The maximum atomic E-state index is 5.78. The van der Waals surface area contributed by atoms with E-state index in [2.05, 4.69) is 4.98 Å². The van der Waals surface area contributed by atoms with Crippen molar-refractivity contribution in [3.63, 3.8) is 0 Å². The summed E-state index contributed by atoms with van der Waals surface area (Å²) in [6.45, 7) is 1.98. The Morgan fingerprint density at radius 1 is 1.13 bits per heavy atom. The van der Waals surface area contributed by atoms with Crippen molar-refractivity contribution < 1.29 is 4.74 Å². The average molecular weight is 220 g/mol. The fourth-order valence-electron chi connectivity index (χ4n) is 1.19. The topological polar surface area (TPSA) is 22.1 Å². The number of benzene rings is 1. The maximum Gasteiger partial charge on any atom is 0.148 e. The first-order chi connectivity index (χ1) is 7.25. The highest BCUT2D eigenvalue weighted by Gasteiger charge is 2.00. The quantitative estimate of drug-likeness (QED) is 0.766. The number of aryl methyl sites for hydroxylation is 1. The lowest BCUT2D eigenvalue weighted by Crippen LogP contribution is -1.87. The molecule has 2 nitrogen and oxygen atoms in total. The minimum Gasteiger partial charge on any atom is -0.455 e. The molecule has 1 heterocycles. The minimum atomic E-state index is 0.699. The third-order valence-electron chi connectivity index (χ3n) is 2.03. The zero-order chi connectivity index (χ0) is 10.7. The first-order valence-electron chi connectivity index (χ1n) is 4.60. The van der Waals surface area contributed by atoms with Gasteiger partial charge >= 0.3 is 0 Å². The third kappa shape index (κ3) is 2.48. The van der Waals surface area contributed by atoms with Crippen molar-refractivity contribution in [1.29, 1.82) is 0 Å². The highest BCUT2D eigenvalue weighted by molar-refractivity contribution is 6.30. The van der Waals surface area contributed by atoms with Crippen LogP contribution in [0.5, 0.6) is 11.5 Å². The molecule has 0 radical (unpaired) electrons. The van der Waals surface area contributed by atoms with Gasteiger partial charge in [0.05, 0.1) is 6.20 Å². The molecule has 0 N–H and O–H groups in total. The van der Waals surface area contributed by atoms with Crippen LogP contribution in [0.1, 0.15) is 5.56 Å². The largest absolute Gasteiger partial charge is 0.455 e. The van der Waals surface area contributed by atoms with Crippen molar-refractivity contribution in [3.05, 3.63) is 53.3 Å². The van der Waals surface area contributed by atoms with Gasteiger partial charge in [-0.1, -0.05) is 11.6 Å². The number of halogens is 1. The standard InChI is InChI=1S/C12H10ClNO/c1-9-6-7-14-8-12(9)15-11-4-2-10(13)3-5-11/h2-8H,1H3. The number of rotatable bonds is 2. The predicted molar refractivity (Wildman–Crippen MR) is 60.5 cm³/mol. The average Bonchev–Trinajstić information content (AvgIpc) is 2.25. The third-order valence-corrected chi connectivity index (χ3v) is 2.28. The molecule has 3 heteroatoms. The van der Waals surface area contributed by atoms with Crippen molar-refractivity contribution in [2.24, 2.45) is 0 Å². The SMILES string of the molecule is Cc1ccncc1Oc1ccc(Cl)cc1. The van der Waals surface area contributed by atoms with E-state index in [9.17, 15) is 0 Å². The summed E-state index contributed by atoms with van der Waals surface area (Å²) in [5.74, 6) is 1.52. The first-order valence-corrected chi connectivity index (χ1v) is 4.97. The molecule has 0 aliphatic carbocycles. The van der Waals surface area contributed by atoms with E-state index in [1.165, 1.54) is 0 Å². The number of pyridine rings is 1. The molecular formula is C12H10ClNO. The van der Waals surface area contributed by atoms with Crippen LogP contribution in [0.4, 0.5) is 0 Å². The van der Waals surface area contributed by atoms with E-state index in [1.807, 2.05) is 25.1 Å². The van der Waals surface area contributed by atoms with Gasteiger partial charge in [0.2, 0.25) is 0 Å². The molecule has 76 valence electrons. The number of nitrogens with zero attached hydrogens (tertiary/aromatic N) is 1. The van der Waals surface area contributed by atoms with Gasteiger partial charge in [0.15, 0.2) is 0 Å². The fraction of sp³-hybridized carbons (Fsp3) is 0.0833. The Balaban J connectivity index is 2.22. The lowest BCUT2D eigenvalue weighted by molar-refractivity contribution is 0.476. The zero-order valence-electron chi connectivity index (χ0n) is 8.27. The van der Waals surface area contributed by atoms with Crippen LogP contribution in [0.25, 0.3) is 0 Å². The van der Waals surface area contributed by atoms with Gasteiger partial charge in [0, 0.05) is 11.2 Å². The van der Waals surface area contributed by atoms with E-state index in [0.29, 0.717) is 5.02 Å². The Kier molecular flexibility index (Phi) is 2.88. The molecule has 0 amide bonds. The Labute approximate surface area is 93.5 Å². The van der Waals surface area contributed by atoms with Crippen LogP contribution in [-0.4, -0.2) is 4.98 Å². The molecule has 0 saturated heterocycles. The Morgan fingerprint density at radius 3 is 2.53 bits per heavy atom. The second kappa shape index (κ2) is 4.32. The predicted octanol–water partition coefficient (Wildman–Crippen LogP) is 3.84. The lowest BCUT2D eigenvalue weighted by Gasteiger charge is -2.07. The van der Waals surface area contributed by atoms with Gasteiger partial charge in [-0.2, -0.15) is 0 Å². The fourth-order valence-corrected chi connectivity index (χ4v) is 1.31. The molecule has 2 rings (SSSR count). The van der Waals surface area contributed by atoms with Crippen molar-refractivity contribution >= 4 is 11.6 Å². The second-order valence-electron chi connectivity index (χ2n) is 3.20. The van der Waals surface area contributed by atoms with Crippen LogP contribution in [-0.2, 0) is 0 Å². The molecule has 1 aromatic carbocycles. The van der Waals surface area contributed by atoms with Gasteiger partial charge in [-0.05, 0) is 42.8 Å². The number of hydrogen-bond acceptors (Lipinski definition) is 2. The van der Waals surface area contributed by atoms with Crippen LogP contribution in [0, 0.1) is 6.92 Å². The van der Waals surface area contributed by atoms with Gasteiger partial charge in [-0.15, -0.1) is 0 Å². The van der Waals surface area contributed by atoms with Crippen molar-refractivity contribution in [3.8, 4) is 11.5 Å². The summed E-state index contributed by atoms with van der Waals surface area (Å²) in [6, 6.07) is 9.15. The molecule has 15 heavy (non-hydrogen) atoms. The molecule has 0 atom stereocenters. The second-order valence-corrected chi connectivity index (χ2v) is 3.63. The minimum absolute atomic E-state index is 0.699. The van der Waals surface area contributed by atoms with Gasteiger partial charge in [-0.3, -0.25) is 4.98 Å². The molecule has 0 spiro atoms. The first kappa shape index (κ1) is 9.99. The maximum absolute atomic E-state index is 5.78. The molecule has 0 aliphatic heterocycles. The summed E-state index contributed by atoms with van der Waals surface area (Å²) in [4.78, 5) is 4.01. The molecule has 0 saturated carbocycles. The van der Waals surface area contributed by atoms with E-state index < -0.39 is 0 Å². The zero-order valence-corrected chi connectivity index (χ0v) is 9.03. The Morgan fingerprint density at radius 2 is 1.87 bits per heavy atom. The van der Waals surface area contributed by atoms with E-state index >= 15 is 0 Å². The van der Waals surface area contributed by atoms with Crippen LogP contribution in [0.3, 0.4) is 0 Å². The van der Waals surface area contributed by atoms with Gasteiger partial charge < -0.3 is 4.74 Å². The summed E-state index contributed by atoms with van der Waals surface area (Å²) < 4.78 is 5.64. The van der Waals surface area contributed by atoms with E-state index in [1.54, 1.807) is 24.5 Å². The number of ether oxygens (including phenoxy) is 1. The molecular weight excluding hydrogens is 210 g/mol. The number of aromatic nitrogens is 1. The van der Waals surface area contributed by atoms with E-state index in [0.717, 1.165) is 17.1 Å². The van der Waals surface area contributed by atoms with Crippen molar-refractivity contribution in [1.82, 2.24) is 4.98 Å². The van der Waals surface area contributed by atoms with Crippen LogP contribution < -0.4 is 4.74 Å². The van der Waals surface area contributed by atoms with Crippen LogP contribution in [0.2, 0.25) is 5.02 Å². The summed E-state index contributed by atoms with van der Waals surface area (Å²) in [5.41, 5.74) is 1.06. The van der Waals surface area contributed by atoms with E-state index in [-0.39, 0.29) is 0 Å². The lowest BCUT2D eigenvalue weighted by atomic mass is 10.3. The molecule has 0 fully saturated rings. The summed E-state index contributed by atoms with van der Waals surface area (Å²) in [5, 5.41) is 0.699. The van der Waals surface area contributed by atoms with Crippen LogP contribution >= 0.6 is 11.6 Å². The molecule has 1 aromatic heterocycles. The smallest absolute Gasteiger partial charge is 0.148 e. The highest BCUT2D eigenvalue weighted by atomic mass is 35.5. The van der Waals surface area contributed by atoms with E-state index in [4.69, 9.17) is 16.3 Å². The molecule has 2 aromatic rings. The number of hydrogen-bond donors (Lipinski definition) is 0. The summed E-state index contributed by atoms with van der Waals surface area (Å²) in [7, 11) is 0. The molecule has 0 aliphatic rings. The van der Waals surface area contributed by atoms with Gasteiger partial charge in [0.1, 0.15) is 11.5 Å². The van der Waals surface area contributed by atoms with Crippen LogP contribution in [0.15, 0.2) is 42.7 Å². The summed E-state index contributed by atoms with van der Waals surface area (Å²) >= 11 is 5.78. The van der Waals surface area contributed by atoms with Crippen molar-refractivity contribution in [2.75, 3.05) is 0 Å². The van der Waals surface area contributed by atoms with Crippen molar-refractivity contribution in [2.45, 2.75) is 6.92 Å². The Hall–Kier alpha value is -1.54. The summed E-state index contributed by atoms with van der Waals surface area (Å²) in [6.07, 6.45) is 3.44. The Bertz CT molecular complexity index is 453. The molecule has 0 bridgehead atoms. The van der Waals surface area contributed by atoms with Gasteiger partial charge in [0.25, 0.3) is 0 Å². The monoisotopic (exact) mass is 219 g/mol. The highest BCUT2D eigenvalue weighted by Crippen LogP contribution is 2.24.